The second-order valence-electron chi connectivity index (χ2n) is 5.28. The Labute approximate surface area is 129 Å². The van der Waals surface area contributed by atoms with E-state index in [0.29, 0.717) is 18.0 Å². The first-order valence-corrected chi connectivity index (χ1v) is 7.39. The Bertz CT molecular complexity index is 643. The Morgan fingerprint density at radius 1 is 1.38 bits per heavy atom. The Balaban J connectivity index is 2.33. The first-order chi connectivity index (χ1) is 9.99. The molecule has 0 atom stereocenters. The number of benzene rings is 1. The van der Waals surface area contributed by atoms with Gasteiger partial charge in [-0.1, -0.05) is 11.6 Å². The molecule has 0 saturated heterocycles. The van der Waals surface area contributed by atoms with Crippen LogP contribution in [0, 0.1) is 0 Å². The summed E-state index contributed by atoms with van der Waals surface area (Å²) in [6.45, 7) is 4.90. The maximum absolute atomic E-state index is 10.7. The number of hydrogen-bond acceptors (Lipinski definition) is 3. The first-order valence-electron chi connectivity index (χ1n) is 7.01. The van der Waals surface area contributed by atoms with Crippen molar-refractivity contribution in [3.63, 3.8) is 0 Å². The quantitative estimate of drug-likeness (QED) is 0.877. The van der Waals surface area contributed by atoms with E-state index in [0.717, 1.165) is 16.6 Å². The zero-order chi connectivity index (χ0) is 15.4. The second-order valence-corrected chi connectivity index (χ2v) is 5.71. The third-order valence-electron chi connectivity index (χ3n) is 3.40. The van der Waals surface area contributed by atoms with Crippen LogP contribution in [0.25, 0.3) is 10.9 Å². The number of rotatable bonds is 6. The van der Waals surface area contributed by atoms with Crippen LogP contribution in [0.1, 0.15) is 26.7 Å². The van der Waals surface area contributed by atoms with E-state index in [2.05, 4.69) is 23.7 Å². The molecule has 1 aromatic heterocycles. The van der Waals surface area contributed by atoms with E-state index in [-0.39, 0.29) is 12.5 Å². The van der Waals surface area contributed by atoms with Crippen LogP contribution < -0.4 is 4.90 Å². The van der Waals surface area contributed by atoms with Crippen molar-refractivity contribution in [3.8, 4) is 0 Å². The smallest absolute Gasteiger partial charge is 0.303 e. The number of carbonyl (C=O) groups is 1. The van der Waals surface area contributed by atoms with Gasteiger partial charge in [0, 0.05) is 41.3 Å². The molecule has 1 heterocycles. The molecule has 0 spiro atoms. The maximum Gasteiger partial charge on any atom is 0.303 e. The molecule has 112 valence electrons. The van der Waals surface area contributed by atoms with E-state index < -0.39 is 5.97 Å². The Morgan fingerprint density at radius 3 is 2.81 bits per heavy atom. The molecule has 4 nitrogen and oxygen atoms in total. The highest BCUT2D eigenvalue weighted by atomic mass is 35.5. The van der Waals surface area contributed by atoms with Crippen molar-refractivity contribution in [2.45, 2.75) is 32.7 Å². The van der Waals surface area contributed by atoms with E-state index in [4.69, 9.17) is 16.7 Å². The minimum Gasteiger partial charge on any atom is -0.481 e. The van der Waals surface area contributed by atoms with E-state index >= 15 is 0 Å². The number of hydrogen-bond donors (Lipinski definition) is 1. The van der Waals surface area contributed by atoms with Gasteiger partial charge in [0.05, 0.1) is 5.52 Å². The molecular formula is C16H19ClN2O2. The normalized spacial score (nSPS) is 11.0. The number of carboxylic acid groups (broad SMARTS) is 1. The fraction of sp³-hybridized carbons (Fsp3) is 0.375. The molecule has 5 heteroatoms. The van der Waals surface area contributed by atoms with Crippen LogP contribution in [0.2, 0.25) is 5.02 Å². The zero-order valence-corrected chi connectivity index (χ0v) is 13.0. The molecule has 2 aromatic rings. The lowest BCUT2D eigenvalue weighted by Crippen LogP contribution is -2.32. The zero-order valence-electron chi connectivity index (χ0n) is 12.2. The van der Waals surface area contributed by atoms with Crippen LogP contribution in [0.5, 0.6) is 0 Å². The van der Waals surface area contributed by atoms with Crippen molar-refractivity contribution >= 4 is 34.2 Å². The van der Waals surface area contributed by atoms with Gasteiger partial charge in [0.2, 0.25) is 0 Å². The number of carboxylic acids is 1. The number of aliphatic carboxylic acids is 1. The SMILES string of the molecule is CC(C)N(CCCC(=O)O)c1ccnc2cc(Cl)ccc12. The van der Waals surface area contributed by atoms with Crippen LogP contribution in [0.15, 0.2) is 30.5 Å². The van der Waals surface area contributed by atoms with Crippen LogP contribution in [0.4, 0.5) is 5.69 Å². The lowest BCUT2D eigenvalue weighted by atomic mass is 10.1. The Kier molecular flexibility index (Phi) is 5.02. The molecule has 0 bridgehead atoms. The number of fused-ring (bicyclic) bond motifs is 1. The summed E-state index contributed by atoms with van der Waals surface area (Å²) in [5.41, 5.74) is 1.92. The molecule has 0 fully saturated rings. The van der Waals surface area contributed by atoms with Gasteiger partial charge in [-0.05, 0) is 44.5 Å². The molecule has 0 aliphatic carbocycles. The number of pyridine rings is 1. The highest BCUT2D eigenvalue weighted by Crippen LogP contribution is 2.28. The van der Waals surface area contributed by atoms with Gasteiger partial charge in [0.15, 0.2) is 0 Å². The molecule has 0 aliphatic rings. The summed E-state index contributed by atoms with van der Waals surface area (Å²) in [4.78, 5) is 17.3. The summed E-state index contributed by atoms with van der Waals surface area (Å²) < 4.78 is 0. The van der Waals surface area contributed by atoms with E-state index in [1.807, 2.05) is 24.3 Å². The molecular weight excluding hydrogens is 288 g/mol. The van der Waals surface area contributed by atoms with Crippen molar-refractivity contribution < 1.29 is 9.90 Å². The van der Waals surface area contributed by atoms with Gasteiger partial charge in [-0.25, -0.2) is 0 Å². The van der Waals surface area contributed by atoms with E-state index in [1.165, 1.54) is 0 Å². The topological polar surface area (TPSA) is 53.4 Å². The Hall–Kier alpha value is -1.81. The average molecular weight is 307 g/mol. The van der Waals surface area contributed by atoms with Gasteiger partial charge in [0.25, 0.3) is 0 Å². The maximum atomic E-state index is 10.7. The first kappa shape index (κ1) is 15.6. The van der Waals surface area contributed by atoms with Crippen LogP contribution in [-0.2, 0) is 4.79 Å². The second kappa shape index (κ2) is 6.76. The number of halogens is 1. The number of nitrogens with zero attached hydrogens (tertiary/aromatic N) is 2. The fourth-order valence-electron chi connectivity index (χ4n) is 2.41. The Morgan fingerprint density at radius 2 is 2.14 bits per heavy atom. The summed E-state index contributed by atoms with van der Waals surface area (Å²) in [7, 11) is 0. The van der Waals surface area contributed by atoms with Gasteiger partial charge in [-0.2, -0.15) is 0 Å². The molecule has 0 amide bonds. The number of anilines is 1. The van der Waals surface area contributed by atoms with Crippen LogP contribution >= 0.6 is 11.6 Å². The highest BCUT2D eigenvalue weighted by Gasteiger charge is 2.14. The van der Waals surface area contributed by atoms with Gasteiger partial charge >= 0.3 is 5.97 Å². The molecule has 21 heavy (non-hydrogen) atoms. The van der Waals surface area contributed by atoms with E-state index in [1.54, 1.807) is 6.20 Å². The third-order valence-corrected chi connectivity index (χ3v) is 3.64. The van der Waals surface area contributed by atoms with Gasteiger partial charge in [0.1, 0.15) is 0 Å². The molecule has 2 rings (SSSR count). The molecule has 0 saturated carbocycles. The van der Waals surface area contributed by atoms with Crippen molar-refractivity contribution in [1.29, 1.82) is 0 Å². The minimum absolute atomic E-state index is 0.179. The predicted molar refractivity (Wildman–Crippen MR) is 86.1 cm³/mol. The van der Waals surface area contributed by atoms with Crippen LogP contribution in [0.3, 0.4) is 0 Å². The van der Waals surface area contributed by atoms with Crippen molar-refractivity contribution in [2.24, 2.45) is 0 Å². The highest BCUT2D eigenvalue weighted by molar-refractivity contribution is 6.31. The summed E-state index contributed by atoms with van der Waals surface area (Å²) in [6.07, 6.45) is 2.56. The number of aromatic nitrogens is 1. The summed E-state index contributed by atoms with van der Waals surface area (Å²) in [6, 6.07) is 7.91. The largest absolute Gasteiger partial charge is 0.481 e. The van der Waals surface area contributed by atoms with Crippen LogP contribution in [-0.4, -0.2) is 28.6 Å². The van der Waals surface area contributed by atoms with Gasteiger partial charge in [-0.3, -0.25) is 9.78 Å². The van der Waals surface area contributed by atoms with Gasteiger partial charge in [-0.15, -0.1) is 0 Å². The fourth-order valence-corrected chi connectivity index (χ4v) is 2.58. The third kappa shape index (κ3) is 3.85. The average Bonchev–Trinajstić information content (AvgIpc) is 2.42. The summed E-state index contributed by atoms with van der Waals surface area (Å²) in [5, 5.41) is 10.5. The molecule has 0 unspecified atom stereocenters. The van der Waals surface area contributed by atoms with Gasteiger partial charge < -0.3 is 10.0 Å². The lowest BCUT2D eigenvalue weighted by molar-refractivity contribution is -0.137. The molecule has 1 aromatic carbocycles. The minimum atomic E-state index is -0.759. The summed E-state index contributed by atoms with van der Waals surface area (Å²) >= 11 is 6.01. The predicted octanol–water partition coefficient (Wildman–Crippen LogP) is 3.97. The monoisotopic (exact) mass is 306 g/mol. The molecule has 0 aliphatic heterocycles. The van der Waals surface area contributed by atoms with E-state index in [9.17, 15) is 4.79 Å². The molecule has 0 radical (unpaired) electrons. The van der Waals surface area contributed by atoms with Crippen molar-refractivity contribution in [3.05, 3.63) is 35.5 Å². The summed E-state index contributed by atoms with van der Waals surface area (Å²) in [5.74, 6) is -0.759. The standard InChI is InChI=1S/C16H19ClN2O2/c1-11(2)19(9-3-4-16(20)21)15-7-8-18-14-10-12(17)5-6-13(14)15/h5-8,10-11H,3-4,9H2,1-2H3,(H,20,21). The lowest BCUT2D eigenvalue weighted by Gasteiger charge is -2.30. The van der Waals surface area contributed by atoms with Crippen molar-refractivity contribution in [2.75, 3.05) is 11.4 Å². The van der Waals surface area contributed by atoms with Crippen molar-refractivity contribution in [1.82, 2.24) is 4.98 Å². The molecule has 1 N–H and O–H groups in total.